The number of rotatable bonds is 0. The maximum atomic E-state index is 4.61. The molecule has 3 heteroatoms. The normalized spacial score (nSPS) is 16.7. The minimum absolute atomic E-state index is 0.0691. The van der Waals surface area contributed by atoms with Crippen LogP contribution in [-0.2, 0) is 0 Å². The molecule has 2 rings (SSSR count). The molecule has 94 valence electrons. The van der Waals surface area contributed by atoms with Gasteiger partial charge in [0.15, 0.2) is 0 Å². The first-order chi connectivity index (χ1) is 7.96. The highest BCUT2D eigenvalue weighted by molar-refractivity contribution is 9.10. The van der Waals surface area contributed by atoms with Gasteiger partial charge in [-0.3, -0.25) is 4.99 Å². The van der Waals surface area contributed by atoms with E-state index in [2.05, 4.69) is 53.1 Å². The topological polar surface area (TPSA) is 24.4 Å². The predicted octanol–water partition coefficient (Wildman–Crippen LogP) is 5.16. The van der Waals surface area contributed by atoms with E-state index in [1.165, 1.54) is 5.71 Å². The Morgan fingerprint density at radius 3 is 2.59 bits per heavy atom. The van der Waals surface area contributed by atoms with Crippen LogP contribution in [0.5, 0.6) is 0 Å². The van der Waals surface area contributed by atoms with Gasteiger partial charge in [0.25, 0.3) is 0 Å². The standard InChI is InChI=1S/C12H15BrN2.C2H6/c1-8-7-12(2,3)15-11-6-9(13)4-5-10(11)14-8;1-2/h4-6,15H,7H2,1-3H3;1-2H3. The molecule has 1 aromatic carbocycles. The van der Waals surface area contributed by atoms with Crippen molar-refractivity contribution >= 4 is 33.0 Å². The summed E-state index contributed by atoms with van der Waals surface area (Å²) in [6.45, 7) is 10.5. The van der Waals surface area contributed by atoms with E-state index in [1.54, 1.807) is 0 Å². The minimum Gasteiger partial charge on any atom is -0.378 e. The Balaban J connectivity index is 0.000000686. The Hall–Kier alpha value is -0.830. The van der Waals surface area contributed by atoms with E-state index in [1.807, 2.05) is 26.0 Å². The molecule has 0 unspecified atom stereocenters. The number of benzene rings is 1. The summed E-state index contributed by atoms with van der Waals surface area (Å²) in [7, 11) is 0. The van der Waals surface area contributed by atoms with Crippen molar-refractivity contribution in [3.63, 3.8) is 0 Å². The lowest BCUT2D eigenvalue weighted by molar-refractivity contribution is 0.595. The van der Waals surface area contributed by atoms with Crippen molar-refractivity contribution in [2.45, 2.75) is 46.6 Å². The molecule has 1 aliphatic rings. The lowest BCUT2D eigenvalue weighted by Gasteiger charge is -2.25. The number of hydrogen-bond acceptors (Lipinski definition) is 2. The van der Waals surface area contributed by atoms with Crippen LogP contribution in [0.1, 0.15) is 41.0 Å². The number of fused-ring (bicyclic) bond motifs is 1. The van der Waals surface area contributed by atoms with Gasteiger partial charge in [-0.25, -0.2) is 0 Å². The molecule has 0 amide bonds. The molecule has 0 radical (unpaired) electrons. The molecule has 0 aliphatic carbocycles. The Kier molecular flexibility index (Phi) is 4.75. The lowest BCUT2D eigenvalue weighted by Crippen LogP contribution is -2.31. The third-order valence-corrected chi connectivity index (χ3v) is 2.93. The number of hydrogen-bond donors (Lipinski definition) is 1. The Labute approximate surface area is 113 Å². The Bertz CT molecular complexity index is 422. The molecule has 1 aromatic rings. The summed E-state index contributed by atoms with van der Waals surface area (Å²) in [4.78, 5) is 4.61. The van der Waals surface area contributed by atoms with E-state index in [0.717, 1.165) is 22.3 Å². The van der Waals surface area contributed by atoms with E-state index in [0.29, 0.717) is 0 Å². The molecule has 0 fully saturated rings. The van der Waals surface area contributed by atoms with E-state index in [-0.39, 0.29) is 5.54 Å². The first kappa shape index (κ1) is 14.2. The molecule has 0 saturated heterocycles. The van der Waals surface area contributed by atoms with Crippen LogP contribution in [0.3, 0.4) is 0 Å². The van der Waals surface area contributed by atoms with Gasteiger partial charge < -0.3 is 5.32 Å². The van der Waals surface area contributed by atoms with Crippen molar-refractivity contribution in [2.24, 2.45) is 4.99 Å². The van der Waals surface area contributed by atoms with Crippen LogP contribution in [0.4, 0.5) is 11.4 Å². The van der Waals surface area contributed by atoms with E-state index >= 15 is 0 Å². The van der Waals surface area contributed by atoms with Crippen molar-refractivity contribution in [3.8, 4) is 0 Å². The monoisotopic (exact) mass is 296 g/mol. The average molecular weight is 297 g/mol. The zero-order valence-corrected chi connectivity index (χ0v) is 12.9. The van der Waals surface area contributed by atoms with Crippen molar-refractivity contribution in [3.05, 3.63) is 22.7 Å². The second kappa shape index (κ2) is 5.67. The highest BCUT2D eigenvalue weighted by atomic mass is 79.9. The van der Waals surface area contributed by atoms with Crippen molar-refractivity contribution in [2.75, 3.05) is 5.32 Å². The first-order valence-corrected chi connectivity index (χ1v) is 6.87. The molecule has 17 heavy (non-hydrogen) atoms. The molecule has 2 nitrogen and oxygen atoms in total. The van der Waals surface area contributed by atoms with Crippen molar-refractivity contribution in [1.29, 1.82) is 0 Å². The summed E-state index contributed by atoms with van der Waals surface area (Å²) in [5.41, 5.74) is 3.38. The quantitative estimate of drug-likeness (QED) is 0.702. The van der Waals surface area contributed by atoms with Crippen LogP contribution in [0, 0.1) is 0 Å². The highest BCUT2D eigenvalue weighted by Gasteiger charge is 2.22. The maximum absolute atomic E-state index is 4.61. The Morgan fingerprint density at radius 1 is 1.29 bits per heavy atom. The number of nitrogens with zero attached hydrogens (tertiary/aromatic N) is 1. The molecule has 0 aromatic heterocycles. The summed E-state index contributed by atoms with van der Waals surface area (Å²) in [6.07, 6.45) is 0.972. The molecule has 1 heterocycles. The molecule has 0 bridgehead atoms. The lowest BCUT2D eigenvalue weighted by atomic mass is 9.98. The number of aliphatic imine (C=N–C) groups is 1. The molecule has 0 atom stereocenters. The van der Waals surface area contributed by atoms with Gasteiger partial charge in [-0.2, -0.15) is 0 Å². The first-order valence-electron chi connectivity index (χ1n) is 6.08. The molecule has 1 N–H and O–H groups in total. The zero-order chi connectivity index (χ0) is 13.1. The van der Waals surface area contributed by atoms with E-state index in [4.69, 9.17) is 0 Å². The molecule has 0 spiro atoms. The average Bonchev–Trinajstić information content (AvgIpc) is 2.34. The molecule has 1 aliphatic heterocycles. The summed E-state index contributed by atoms with van der Waals surface area (Å²) in [6, 6.07) is 6.14. The van der Waals surface area contributed by atoms with Crippen LogP contribution < -0.4 is 5.32 Å². The summed E-state index contributed by atoms with van der Waals surface area (Å²) in [5.74, 6) is 0. The van der Waals surface area contributed by atoms with Gasteiger partial charge in [-0.1, -0.05) is 29.8 Å². The van der Waals surface area contributed by atoms with Gasteiger partial charge in [-0.15, -0.1) is 0 Å². The van der Waals surface area contributed by atoms with Crippen LogP contribution in [0.2, 0.25) is 0 Å². The number of nitrogens with one attached hydrogen (secondary N) is 1. The fourth-order valence-corrected chi connectivity index (χ4v) is 2.36. The molecular weight excluding hydrogens is 276 g/mol. The predicted molar refractivity (Wildman–Crippen MR) is 80.6 cm³/mol. The van der Waals surface area contributed by atoms with Gasteiger partial charge >= 0.3 is 0 Å². The van der Waals surface area contributed by atoms with E-state index in [9.17, 15) is 0 Å². The van der Waals surface area contributed by atoms with Gasteiger partial charge in [-0.05, 0) is 39.0 Å². The Morgan fingerprint density at radius 2 is 1.94 bits per heavy atom. The second-order valence-electron chi connectivity index (χ2n) is 4.69. The molecular formula is C14H21BrN2. The highest BCUT2D eigenvalue weighted by Crippen LogP contribution is 2.34. The third-order valence-electron chi connectivity index (χ3n) is 2.44. The van der Waals surface area contributed by atoms with Crippen LogP contribution >= 0.6 is 15.9 Å². The fraction of sp³-hybridized carbons (Fsp3) is 0.500. The molecule has 0 saturated carbocycles. The number of anilines is 1. The van der Waals surface area contributed by atoms with Crippen LogP contribution in [0.15, 0.2) is 27.7 Å². The van der Waals surface area contributed by atoms with E-state index < -0.39 is 0 Å². The maximum Gasteiger partial charge on any atom is 0.0861 e. The summed E-state index contributed by atoms with van der Waals surface area (Å²) >= 11 is 3.48. The van der Waals surface area contributed by atoms with Crippen molar-refractivity contribution in [1.82, 2.24) is 0 Å². The van der Waals surface area contributed by atoms with Crippen LogP contribution in [-0.4, -0.2) is 11.3 Å². The smallest absolute Gasteiger partial charge is 0.0861 e. The van der Waals surface area contributed by atoms with Crippen molar-refractivity contribution < 1.29 is 0 Å². The van der Waals surface area contributed by atoms with Crippen LogP contribution in [0.25, 0.3) is 0 Å². The zero-order valence-electron chi connectivity index (χ0n) is 11.3. The third kappa shape index (κ3) is 3.84. The fourth-order valence-electron chi connectivity index (χ4n) is 2.00. The second-order valence-corrected chi connectivity index (χ2v) is 5.61. The summed E-state index contributed by atoms with van der Waals surface area (Å²) in [5, 5.41) is 3.53. The van der Waals surface area contributed by atoms with Gasteiger partial charge in [0.2, 0.25) is 0 Å². The largest absolute Gasteiger partial charge is 0.378 e. The minimum atomic E-state index is 0.0691. The SMILES string of the molecule is CC.CC1=Nc2ccc(Br)cc2NC(C)(C)C1. The van der Waals surface area contributed by atoms with Gasteiger partial charge in [0.05, 0.1) is 11.4 Å². The van der Waals surface area contributed by atoms with Gasteiger partial charge in [0.1, 0.15) is 0 Å². The number of halogens is 1. The summed E-state index contributed by atoms with van der Waals surface area (Å²) < 4.78 is 1.08. The van der Waals surface area contributed by atoms with Gasteiger partial charge in [0, 0.05) is 22.1 Å².